The van der Waals surface area contributed by atoms with E-state index < -0.39 is 0 Å². The van der Waals surface area contributed by atoms with Crippen LogP contribution in [0.3, 0.4) is 0 Å². The molecule has 2 atom stereocenters. The average molecular weight is 330 g/mol. The molecule has 0 aliphatic heterocycles. The fourth-order valence-corrected chi connectivity index (χ4v) is 3.03. The topological polar surface area (TPSA) is 46.9 Å². The lowest BCUT2D eigenvalue weighted by atomic mass is 9.93. The summed E-state index contributed by atoms with van der Waals surface area (Å²) < 4.78 is 1.93. The van der Waals surface area contributed by atoms with Gasteiger partial charge in [0.05, 0.1) is 0 Å². The van der Waals surface area contributed by atoms with Crippen LogP contribution in [-0.2, 0) is 11.8 Å². The molecule has 1 aromatic heterocycles. The minimum absolute atomic E-state index is 0.0371. The first-order valence-corrected chi connectivity index (χ1v) is 8.21. The van der Waals surface area contributed by atoms with Gasteiger partial charge in [-0.15, -0.1) is 0 Å². The quantitative estimate of drug-likeness (QED) is 0.871. The zero-order valence-corrected chi connectivity index (χ0v) is 13.8. The maximum absolute atomic E-state index is 12.6. The molecule has 0 unspecified atom stereocenters. The summed E-state index contributed by atoms with van der Waals surface area (Å²) in [5, 5.41) is 3.84. The molecule has 1 aromatic carbocycles. The van der Waals surface area contributed by atoms with Gasteiger partial charge in [0.15, 0.2) is 0 Å². The molecule has 5 heteroatoms. The molecule has 4 nitrogen and oxygen atoms in total. The van der Waals surface area contributed by atoms with Gasteiger partial charge < -0.3 is 9.88 Å². The van der Waals surface area contributed by atoms with Gasteiger partial charge in [-0.25, -0.2) is 4.98 Å². The second-order valence-corrected chi connectivity index (χ2v) is 6.31. The zero-order chi connectivity index (χ0) is 16.2. The fraction of sp³-hybridized carbons (Fsp3) is 0.333. The number of allylic oxidation sites excluding steroid dienone is 2. The molecule has 0 radical (unpaired) electrons. The van der Waals surface area contributed by atoms with Crippen LogP contribution in [0.4, 0.5) is 0 Å². The molecule has 3 rings (SSSR count). The van der Waals surface area contributed by atoms with Gasteiger partial charge >= 0.3 is 0 Å². The largest absolute Gasteiger partial charge is 0.342 e. The molecule has 1 N–H and O–H groups in total. The van der Waals surface area contributed by atoms with Gasteiger partial charge in [0.2, 0.25) is 5.91 Å². The molecule has 120 valence electrons. The zero-order valence-electron chi connectivity index (χ0n) is 13.1. The molecule has 23 heavy (non-hydrogen) atoms. The summed E-state index contributed by atoms with van der Waals surface area (Å²) in [5.41, 5.74) is 0.975. The molecule has 0 fully saturated rings. The van der Waals surface area contributed by atoms with E-state index >= 15 is 0 Å². The Balaban J connectivity index is 1.86. The minimum Gasteiger partial charge on any atom is -0.342 e. The van der Waals surface area contributed by atoms with E-state index in [9.17, 15) is 4.79 Å². The van der Waals surface area contributed by atoms with Crippen molar-refractivity contribution in [3.8, 4) is 0 Å². The van der Waals surface area contributed by atoms with Crippen LogP contribution in [0, 0.1) is 5.92 Å². The number of aromatic nitrogens is 2. The summed E-state index contributed by atoms with van der Waals surface area (Å²) in [6.45, 7) is 0. The number of benzene rings is 1. The fourth-order valence-electron chi connectivity index (χ4n) is 2.90. The smallest absolute Gasteiger partial charge is 0.224 e. The summed E-state index contributed by atoms with van der Waals surface area (Å²) in [5.74, 6) is 0.930. The van der Waals surface area contributed by atoms with Crippen molar-refractivity contribution in [1.82, 2.24) is 14.9 Å². The van der Waals surface area contributed by atoms with Crippen LogP contribution in [0.5, 0.6) is 0 Å². The molecule has 0 saturated heterocycles. The van der Waals surface area contributed by atoms with Crippen molar-refractivity contribution < 1.29 is 4.79 Å². The predicted molar refractivity (Wildman–Crippen MR) is 91.1 cm³/mol. The molecule has 0 bridgehead atoms. The minimum atomic E-state index is -0.273. The Morgan fingerprint density at radius 2 is 2.13 bits per heavy atom. The van der Waals surface area contributed by atoms with Crippen LogP contribution in [0.25, 0.3) is 0 Å². The Morgan fingerprint density at radius 1 is 1.35 bits per heavy atom. The van der Waals surface area contributed by atoms with Gasteiger partial charge in [0.1, 0.15) is 11.9 Å². The SMILES string of the molecule is Cn1ccnc1[C@H](NC(=O)[C@@H]1CC=CCC1)c1ccc(Cl)cc1. The highest BCUT2D eigenvalue weighted by Gasteiger charge is 2.25. The van der Waals surface area contributed by atoms with Crippen LogP contribution in [0.15, 0.2) is 48.8 Å². The number of hydrogen-bond acceptors (Lipinski definition) is 2. The number of rotatable bonds is 4. The maximum Gasteiger partial charge on any atom is 0.224 e. The lowest BCUT2D eigenvalue weighted by Gasteiger charge is -2.23. The van der Waals surface area contributed by atoms with Gasteiger partial charge in [0.25, 0.3) is 0 Å². The summed E-state index contributed by atoms with van der Waals surface area (Å²) >= 11 is 5.98. The first kappa shape index (κ1) is 15.8. The van der Waals surface area contributed by atoms with E-state index in [0.29, 0.717) is 5.02 Å². The van der Waals surface area contributed by atoms with Crippen molar-refractivity contribution in [1.29, 1.82) is 0 Å². The van der Waals surface area contributed by atoms with Crippen molar-refractivity contribution in [2.45, 2.75) is 25.3 Å². The van der Waals surface area contributed by atoms with E-state index in [-0.39, 0.29) is 17.9 Å². The normalized spacial score (nSPS) is 18.6. The first-order valence-electron chi connectivity index (χ1n) is 7.83. The first-order chi connectivity index (χ1) is 11.1. The average Bonchev–Trinajstić information content (AvgIpc) is 3.00. The van der Waals surface area contributed by atoms with Crippen LogP contribution in [-0.4, -0.2) is 15.5 Å². The third-order valence-corrected chi connectivity index (χ3v) is 4.50. The van der Waals surface area contributed by atoms with Gasteiger partial charge in [-0.1, -0.05) is 35.9 Å². The molecule has 2 aromatic rings. The monoisotopic (exact) mass is 329 g/mol. The third-order valence-electron chi connectivity index (χ3n) is 4.25. The van der Waals surface area contributed by atoms with Gasteiger partial charge in [-0.2, -0.15) is 0 Å². The Labute approximate surface area is 141 Å². The highest BCUT2D eigenvalue weighted by atomic mass is 35.5. The van der Waals surface area contributed by atoms with E-state index in [4.69, 9.17) is 11.6 Å². The Hall–Kier alpha value is -2.07. The Morgan fingerprint density at radius 3 is 2.74 bits per heavy atom. The van der Waals surface area contributed by atoms with E-state index in [1.54, 1.807) is 6.20 Å². The van der Waals surface area contributed by atoms with E-state index in [1.165, 1.54) is 0 Å². The van der Waals surface area contributed by atoms with Crippen molar-refractivity contribution in [2.75, 3.05) is 0 Å². The van der Waals surface area contributed by atoms with Crippen molar-refractivity contribution in [2.24, 2.45) is 13.0 Å². The van der Waals surface area contributed by atoms with Crippen LogP contribution in [0.2, 0.25) is 5.02 Å². The summed E-state index contributed by atoms with van der Waals surface area (Å²) in [6.07, 6.45) is 10.5. The Bertz CT molecular complexity index is 705. The van der Waals surface area contributed by atoms with E-state index in [0.717, 1.165) is 30.7 Å². The summed E-state index contributed by atoms with van der Waals surface area (Å²) in [6, 6.07) is 7.27. The van der Waals surface area contributed by atoms with Gasteiger partial charge in [-0.3, -0.25) is 4.79 Å². The van der Waals surface area contributed by atoms with Crippen molar-refractivity contribution in [3.63, 3.8) is 0 Å². The maximum atomic E-state index is 12.6. The lowest BCUT2D eigenvalue weighted by Crippen LogP contribution is -2.36. The summed E-state index contributed by atoms with van der Waals surface area (Å²) in [7, 11) is 1.93. The lowest BCUT2D eigenvalue weighted by molar-refractivity contribution is -0.125. The molecule has 1 amide bonds. The van der Waals surface area contributed by atoms with Crippen molar-refractivity contribution in [3.05, 3.63) is 65.2 Å². The summed E-state index contributed by atoms with van der Waals surface area (Å²) in [4.78, 5) is 17.1. The van der Waals surface area contributed by atoms with Gasteiger partial charge in [-0.05, 0) is 37.0 Å². The number of halogens is 1. The van der Waals surface area contributed by atoms with E-state index in [2.05, 4.69) is 22.5 Å². The number of aryl methyl sites for hydroxylation is 1. The number of nitrogens with zero attached hydrogens (tertiary/aromatic N) is 2. The highest BCUT2D eigenvalue weighted by Crippen LogP contribution is 2.25. The predicted octanol–water partition coefficient (Wildman–Crippen LogP) is 3.64. The third kappa shape index (κ3) is 3.64. The van der Waals surface area contributed by atoms with Crippen molar-refractivity contribution >= 4 is 17.5 Å². The van der Waals surface area contributed by atoms with Gasteiger partial charge in [0, 0.05) is 30.4 Å². The molecule has 1 heterocycles. The number of amides is 1. The number of nitrogens with one attached hydrogen (secondary N) is 1. The van der Waals surface area contributed by atoms with Crippen LogP contribution in [0.1, 0.15) is 36.7 Å². The number of imidazole rings is 1. The highest BCUT2D eigenvalue weighted by molar-refractivity contribution is 6.30. The number of hydrogen-bond donors (Lipinski definition) is 1. The van der Waals surface area contributed by atoms with E-state index in [1.807, 2.05) is 42.1 Å². The molecule has 0 saturated carbocycles. The molecular weight excluding hydrogens is 310 g/mol. The molecule has 1 aliphatic carbocycles. The molecular formula is C18H20ClN3O. The van der Waals surface area contributed by atoms with Crippen LogP contribution >= 0.6 is 11.6 Å². The standard InChI is InChI=1S/C18H20ClN3O/c1-22-12-11-20-17(22)16(13-7-9-15(19)10-8-13)21-18(23)14-5-3-2-4-6-14/h2-3,7-12,14,16H,4-6H2,1H3,(H,21,23)/t14-,16-/m1/s1. The second-order valence-electron chi connectivity index (χ2n) is 5.87. The molecule has 1 aliphatic rings. The number of carbonyl (C=O) groups excluding carboxylic acids is 1. The van der Waals surface area contributed by atoms with Crippen LogP contribution < -0.4 is 5.32 Å². The molecule has 0 spiro atoms. The Kier molecular flexibility index (Phi) is 4.82. The number of carbonyl (C=O) groups is 1. The second kappa shape index (κ2) is 7.01.